The highest BCUT2D eigenvalue weighted by molar-refractivity contribution is 6.00. The molecule has 0 bridgehead atoms. The molecule has 0 N–H and O–H groups in total. The standard InChI is InChI=1S/C45H32N4/c1-7-19-33(20-8-1)43-44(34-21-9-2-10-22-34)47-40-32-42-41(31-39(40)46-43)48(37-27-15-5-16-28-37)45(35-23-11-3-12-24-35,36-25-13-4-14-26-36)49(42)38-29-17-6-18-30-38/h1-32H. The van der Waals surface area contributed by atoms with Crippen LogP contribution in [0.1, 0.15) is 11.1 Å². The molecule has 8 aromatic rings. The third-order valence-electron chi connectivity index (χ3n) is 9.37. The fourth-order valence-corrected chi connectivity index (χ4v) is 7.31. The molecule has 232 valence electrons. The van der Waals surface area contributed by atoms with Crippen molar-refractivity contribution < 1.29 is 0 Å². The SMILES string of the molecule is c1ccc(-c2nc3cc4c(cc3nc2-c2ccccc2)N(c2ccccc2)C(c2ccccc2)(c2ccccc2)N4c2ccccc2)cc1. The van der Waals surface area contributed by atoms with Gasteiger partial charge in [0.25, 0.3) is 0 Å². The smallest absolute Gasteiger partial charge is 0.175 e. The van der Waals surface area contributed by atoms with Gasteiger partial charge in [0, 0.05) is 33.6 Å². The van der Waals surface area contributed by atoms with Crippen molar-refractivity contribution in [3.05, 3.63) is 205 Å². The third-order valence-corrected chi connectivity index (χ3v) is 9.37. The number of rotatable bonds is 6. The van der Waals surface area contributed by atoms with Gasteiger partial charge in [0.05, 0.1) is 33.8 Å². The summed E-state index contributed by atoms with van der Waals surface area (Å²) in [5.74, 6) is 0. The molecule has 0 amide bonds. The Morgan fingerprint density at radius 1 is 0.347 bits per heavy atom. The van der Waals surface area contributed by atoms with Gasteiger partial charge in [0.1, 0.15) is 0 Å². The third kappa shape index (κ3) is 4.68. The summed E-state index contributed by atoms with van der Waals surface area (Å²) in [5.41, 5.74) is 11.2. The molecule has 1 aliphatic heterocycles. The number of aromatic nitrogens is 2. The van der Waals surface area contributed by atoms with Crippen LogP contribution in [0.15, 0.2) is 194 Å². The number of nitrogens with zero attached hydrogens (tertiary/aromatic N) is 4. The van der Waals surface area contributed by atoms with Crippen molar-refractivity contribution in [1.82, 2.24) is 9.97 Å². The van der Waals surface area contributed by atoms with Gasteiger partial charge in [0.2, 0.25) is 0 Å². The second kappa shape index (κ2) is 11.9. The van der Waals surface area contributed by atoms with Crippen LogP contribution in [-0.2, 0) is 5.66 Å². The van der Waals surface area contributed by atoms with Gasteiger partial charge >= 0.3 is 0 Å². The molecule has 0 radical (unpaired) electrons. The molecule has 1 aliphatic rings. The summed E-state index contributed by atoms with van der Waals surface area (Å²) >= 11 is 0. The van der Waals surface area contributed by atoms with Gasteiger partial charge in [-0.2, -0.15) is 0 Å². The van der Waals surface area contributed by atoms with Crippen molar-refractivity contribution in [2.24, 2.45) is 0 Å². The Balaban J connectivity index is 1.42. The minimum Gasteiger partial charge on any atom is -0.308 e. The van der Waals surface area contributed by atoms with Crippen LogP contribution in [0.25, 0.3) is 33.5 Å². The lowest BCUT2D eigenvalue weighted by atomic mass is 9.87. The summed E-state index contributed by atoms with van der Waals surface area (Å²) in [4.78, 5) is 15.8. The summed E-state index contributed by atoms with van der Waals surface area (Å²) < 4.78 is 0. The molecule has 0 saturated heterocycles. The summed E-state index contributed by atoms with van der Waals surface area (Å²) in [5, 5.41) is 0. The predicted molar refractivity (Wildman–Crippen MR) is 201 cm³/mol. The van der Waals surface area contributed by atoms with Crippen LogP contribution in [0.2, 0.25) is 0 Å². The van der Waals surface area contributed by atoms with Crippen LogP contribution in [0.5, 0.6) is 0 Å². The van der Waals surface area contributed by atoms with E-state index in [-0.39, 0.29) is 0 Å². The second-order valence-corrected chi connectivity index (χ2v) is 12.2. The Morgan fingerprint density at radius 2 is 0.653 bits per heavy atom. The molecule has 2 heterocycles. The molecule has 49 heavy (non-hydrogen) atoms. The fourth-order valence-electron chi connectivity index (χ4n) is 7.31. The summed E-state index contributed by atoms with van der Waals surface area (Å²) in [6.45, 7) is 0. The van der Waals surface area contributed by atoms with Crippen LogP contribution in [0.4, 0.5) is 22.7 Å². The number of anilines is 4. The minimum atomic E-state index is -0.782. The first-order chi connectivity index (χ1) is 24.3. The van der Waals surface area contributed by atoms with E-state index in [9.17, 15) is 0 Å². The van der Waals surface area contributed by atoms with Gasteiger partial charge in [-0.15, -0.1) is 0 Å². The molecule has 9 rings (SSSR count). The van der Waals surface area contributed by atoms with E-state index < -0.39 is 5.66 Å². The number of para-hydroxylation sites is 2. The lowest BCUT2D eigenvalue weighted by Crippen LogP contribution is -2.51. The quantitative estimate of drug-likeness (QED) is 0.183. The Morgan fingerprint density at radius 3 is 1.00 bits per heavy atom. The number of fused-ring (bicyclic) bond motifs is 2. The Bertz CT molecular complexity index is 2190. The van der Waals surface area contributed by atoms with Crippen LogP contribution in [0.3, 0.4) is 0 Å². The van der Waals surface area contributed by atoms with Gasteiger partial charge in [-0.05, 0) is 36.4 Å². The van der Waals surface area contributed by atoms with Gasteiger partial charge in [0.15, 0.2) is 5.66 Å². The van der Waals surface area contributed by atoms with Crippen LogP contribution in [-0.4, -0.2) is 9.97 Å². The molecule has 7 aromatic carbocycles. The van der Waals surface area contributed by atoms with Crippen LogP contribution >= 0.6 is 0 Å². The first-order valence-electron chi connectivity index (χ1n) is 16.6. The zero-order chi connectivity index (χ0) is 32.6. The molecule has 0 saturated carbocycles. The molecular formula is C45H32N4. The molecule has 4 nitrogen and oxygen atoms in total. The lowest BCUT2D eigenvalue weighted by molar-refractivity contribution is 0.559. The molecule has 0 unspecified atom stereocenters. The van der Waals surface area contributed by atoms with Crippen molar-refractivity contribution >= 4 is 33.8 Å². The predicted octanol–water partition coefficient (Wildman–Crippen LogP) is 11.2. The van der Waals surface area contributed by atoms with Gasteiger partial charge < -0.3 is 9.80 Å². The van der Waals surface area contributed by atoms with E-state index >= 15 is 0 Å². The monoisotopic (exact) mass is 628 g/mol. The van der Waals surface area contributed by atoms with Gasteiger partial charge in [-0.3, -0.25) is 0 Å². The number of hydrogen-bond acceptors (Lipinski definition) is 4. The van der Waals surface area contributed by atoms with Crippen LogP contribution in [0, 0.1) is 0 Å². The van der Waals surface area contributed by atoms with Crippen molar-refractivity contribution in [2.75, 3.05) is 9.80 Å². The van der Waals surface area contributed by atoms with Crippen molar-refractivity contribution in [3.8, 4) is 22.5 Å². The highest BCUT2D eigenvalue weighted by atomic mass is 15.5. The van der Waals surface area contributed by atoms with Crippen molar-refractivity contribution in [3.63, 3.8) is 0 Å². The molecule has 4 heteroatoms. The molecule has 1 aromatic heterocycles. The Kier molecular flexibility index (Phi) is 6.98. The largest absolute Gasteiger partial charge is 0.308 e. The van der Waals surface area contributed by atoms with E-state index in [0.717, 1.165) is 67.4 Å². The van der Waals surface area contributed by atoms with Crippen molar-refractivity contribution in [1.29, 1.82) is 0 Å². The van der Waals surface area contributed by atoms with E-state index in [1.54, 1.807) is 0 Å². The Labute approximate surface area is 286 Å². The first kappa shape index (κ1) is 28.7. The summed E-state index contributed by atoms with van der Waals surface area (Å²) in [7, 11) is 0. The molecule has 0 fully saturated rings. The molecule has 0 spiro atoms. The highest BCUT2D eigenvalue weighted by Crippen LogP contribution is 2.60. The average Bonchev–Trinajstić information content (AvgIpc) is 3.49. The van der Waals surface area contributed by atoms with E-state index in [4.69, 9.17) is 9.97 Å². The van der Waals surface area contributed by atoms with E-state index in [1.165, 1.54) is 0 Å². The van der Waals surface area contributed by atoms with Crippen molar-refractivity contribution in [2.45, 2.75) is 5.66 Å². The first-order valence-corrected chi connectivity index (χ1v) is 16.6. The normalized spacial score (nSPS) is 13.4. The molecule has 0 atom stereocenters. The van der Waals surface area contributed by atoms with E-state index in [1.807, 2.05) is 12.1 Å². The topological polar surface area (TPSA) is 32.3 Å². The summed E-state index contributed by atoms with van der Waals surface area (Å²) in [6.07, 6.45) is 0. The highest BCUT2D eigenvalue weighted by Gasteiger charge is 2.54. The van der Waals surface area contributed by atoms with E-state index in [2.05, 4.69) is 192 Å². The minimum absolute atomic E-state index is 0.782. The van der Waals surface area contributed by atoms with Gasteiger partial charge in [-0.25, -0.2) is 9.97 Å². The number of hydrogen-bond donors (Lipinski definition) is 0. The number of benzene rings is 7. The average molecular weight is 629 g/mol. The van der Waals surface area contributed by atoms with Crippen LogP contribution < -0.4 is 9.80 Å². The summed E-state index contributed by atoms with van der Waals surface area (Å²) in [6, 6.07) is 68.2. The fraction of sp³-hybridized carbons (Fsp3) is 0.0222. The maximum atomic E-state index is 5.41. The maximum absolute atomic E-state index is 5.41. The second-order valence-electron chi connectivity index (χ2n) is 12.2. The maximum Gasteiger partial charge on any atom is 0.175 e. The molecular weight excluding hydrogens is 597 g/mol. The Hall–Kier alpha value is -6.52. The molecule has 0 aliphatic carbocycles. The zero-order valence-electron chi connectivity index (χ0n) is 26.8. The van der Waals surface area contributed by atoms with Gasteiger partial charge in [-0.1, -0.05) is 158 Å². The lowest BCUT2D eigenvalue weighted by Gasteiger charge is -2.47. The zero-order valence-corrected chi connectivity index (χ0v) is 26.8. The van der Waals surface area contributed by atoms with E-state index in [0.29, 0.717) is 0 Å².